The number of carboxylic acid groups (broad SMARTS) is 2. The van der Waals surface area contributed by atoms with Gasteiger partial charge in [0.05, 0.1) is 0 Å². The molecule has 0 unspecified atom stereocenters. The topological polar surface area (TPSA) is 170 Å². The molecule has 0 spiro atoms. The van der Waals surface area contributed by atoms with Crippen LogP contribution in [-0.2, 0) is 37.3 Å². The number of aliphatic carboxylic acids is 2. The van der Waals surface area contributed by atoms with Crippen LogP contribution in [-0.4, -0.2) is 91.2 Å². The number of carbonyl (C=O) groups excluding carboxylic acids is 4. The fraction of sp³-hybridized carbons (Fsp3) is 0.500. The van der Waals surface area contributed by atoms with Crippen molar-refractivity contribution in [1.29, 1.82) is 0 Å². The van der Waals surface area contributed by atoms with Gasteiger partial charge in [0.2, 0.25) is 0 Å². The van der Waals surface area contributed by atoms with E-state index in [-0.39, 0.29) is 59.1 Å². The molecule has 3 saturated heterocycles. The monoisotopic (exact) mass is 580 g/mol. The third-order valence-electron chi connectivity index (χ3n) is 2.61. The maximum absolute atomic E-state index is 11.6. The first-order valence-corrected chi connectivity index (χ1v) is 11.7. The van der Waals surface area contributed by atoms with Gasteiger partial charge in [-0.25, -0.2) is 0 Å². The van der Waals surface area contributed by atoms with E-state index in [0.717, 1.165) is 0 Å². The van der Waals surface area contributed by atoms with Crippen LogP contribution < -0.4 is 69.3 Å². The molecule has 16 heteroatoms. The van der Waals surface area contributed by atoms with Crippen LogP contribution in [0.15, 0.2) is 0 Å². The zero-order chi connectivity index (χ0) is 16.0. The van der Waals surface area contributed by atoms with Crippen LogP contribution in [0.2, 0.25) is 0 Å². The second-order valence-electron chi connectivity index (χ2n) is 4.01. The summed E-state index contributed by atoms with van der Waals surface area (Å²) in [4.78, 5) is 45.3. The Kier molecular flexibility index (Phi) is 9.28. The molecule has 0 aromatic carbocycles. The molecule has 3 heterocycles. The summed E-state index contributed by atoms with van der Waals surface area (Å²) >= 11 is -7.72. The van der Waals surface area contributed by atoms with E-state index in [4.69, 9.17) is 18.1 Å². The minimum absolute atomic E-state index is 0. The number of carbonyl (C=O) groups is 4. The average molecular weight is 582 g/mol. The van der Waals surface area contributed by atoms with Crippen LogP contribution >= 0.6 is 0 Å². The fourth-order valence-corrected chi connectivity index (χ4v) is 8.21. The van der Waals surface area contributed by atoms with Gasteiger partial charge in [-0.05, 0) is 0 Å². The van der Waals surface area contributed by atoms with Gasteiger partial charge in [-0.2, -0.15) is 0 Å². The van der Waals surface area contributed by atoms with Crippen LogP contribution in [0.1, 0.15) is 0 Å². The number of hydrogen-bond donors (Lipinski definition) is 0. The van der Waals surface area contributed by atoms with Gasteiger partial charge in [0.1, 0.15) is 0 Å². The van der Waals surface area contributed by atoms with E-state index in [0.29, 0.717) is 0 Å². The number of fused-ring (bicyclic) bond motifs is 4. The van der Waals surface area contributed by atoms with Gasteiger partial charge in [0.25, 0.3) is 0 Å². The van der Waals surface area contributed by atoms with E-state index in [1.165, 1.54) is 0 Å². The molecule has 4 bridgehead atoms. The van der Waals surface area contributed by atoms with Gasteiger partial charge in [-0.15, -0.1) is 0 Å². The molecule has 4 atom stereocenters. The minimum atomic E-state index is -3.86. The maximum atomic E-state index is 11.6. The summed E-state index contributed by atoms with van der Waals surface area (Å²) in [6, 6.07) is 0. The molecule has 3 fully saturated rings. The molecule has 3 aliphatic heterocycles. The molecule has 0 amide bonds. The molecule has 0 N–H and O–H groups in total. The van der Waals surface area contributed by atoms with Crippen LogP contribution in [0, 0.1) is 0 Å². The standard InChI is InChI=1S/2C4H4O6.2Na.2Sb/c2*5-1(3(7)8)2(6)4(9)10;;;;/h2*1-2H,(H,7,8)(H,9,10);;;;/q2*-2;2*+1;2*+3/p-4/t2*1-,2-;;;;/m11..../s1. The summed E-state index contributed by atoms with van der Waals surface area (Å²) in [6.07, 6.45) is -7.20. The number of rotatable bonds is 2. The fourth-order valence-electron chi connectivity index (χ4n) is 1.65. The van der Waals surface area contributed by atoms with Crippen molar-refractivity contribution < 1.29 is 107 Å². The molecular weight excluding hydrogens is 578 g/mol. The van der Waals surface area contributed by atoms with Gasteiger partial charge < -0.3 is 0 Å². The smallest absolute Gasteiger partial charge is 1.00 e. The summed E-state index contributed by atoms with van der Waals surface area (Å²) in [7, 11) is 0. The molecule has 24 heavy (non-hydrogen) atoms. The van der Waals surface area contributed by atoms with Crippen molar-refractivity contribution >= 4 is 66.8 Å². The normalized spacial score (nSPS) is 32.8. The Balaban J connectivity index is 0.00000144. The number of hydrogen-bond acceptors (Lipinski definition) is 12. The predicted octanol–water partition coefficient (Wildman–Crippen LogP) is -11.9. The Morgan fingerprint density at radius 1 is 0.750 bits per heavy atom. The van der Waals surface area contributed by atoms with Crippen molar-refractivity contribution in [2.24, 2.45) is 0 Å². The molecule has 12 nitrogen and oxygen atoms in total. The molecule has 3 aliphatic rings. The van der Waals surface area contributed by atoms with E-state index >= 15 is 0 Å². The average Bonchev–Trinajstić information content (AvgIpc) is 2.95. The molecule has 0 radical (unpaired) electrons. The Labute approximate surface area is 195 Å². The third-order valence-corrected chi connectivity index (χ3v) is 9.04. The number of carboxylic acids is 2. The van der Waals surface area contributed by atoms with Crippen LogP contribution in [0.4, 0.5) is 0 Å². The molecule has 0 aliphatic carbocycles. The molecule has 0 saturated carbocycles. The SMILES string of the molecule is O=C([O-])[C@@H]1[O][Sb]2[O]C(=O)[C@H]([O]2)[C@H](C(=O)[O-])[O][Sb]2[O]C(=O)[C@@H]1[O]2.[Na+].[Na+]. The largest absolute Gasteiger partial charge is 1.00 e. The Morgan fingerprint density at radius 2 is 1.08 bits per heavy atom. The van der Waals surface area contributed by atoms with Crippen molar-refractivity contribution in [2.45, 2.75) is 24.4 Å². The summed E-state index contributed by atoms with van der Waals surface area (Å²) in [5.74, 6) is -5.76. The van der Waals surface area contributed by atoms with Crippen molar-refractivity contribution in [1.82, 2.24) is 0 Å². The summed E-state index contributed by atoms with van der Waals surface area (Å²) in [5, 5.41) is 22.1. The van der Waals surface area contributed by atoms with Crippen molar-refractivity contribution in [3.63, 3.8) is 0 Å². The molecule has 120 valence electrons. The molecule has 3 rings (SSSR count). The van der Waals surface area contributed by atoms with Gasteiger partial charge in [-0.1, -0.05) is 0 Å². The van der Waals surface area contributed by atoms with E-state index in [9.17, 15) is 29.4 Å². The summed E-state index contributed by atoms with van der Waals surface area (Å²) in [6.45, 7) is 0. The van der Waals surface area contributed by atoms with Crippen LogP contribution in [0.5, 0.6) is 0 Å². The van der Waals surface area contributed by atoms with Crippen molar-refractivity contribution in [3.05, 3.63) is 0 Å². The molecular formula is C8H4Na2O12Sb2. The first-order valence-electron chi connectivity index (χ1n) is 5.49. The van der Waals surface area contributed by atoms with Gasteiger partial charge in [-0.3, -0.25) is 0 Å². The second kappa shape index (κ2) is 9.52. The third kappa shape index (κ3) is 4.79. The first-order chi connectivity index (χ1) is 10.4. The van der Waals surface area contributed by atoms with Crippen LogP contribution in [0.3, 0.4) is 0 Å². The Hall–Kier alpha value is 1.36. The minimum Gasteiger partial charge on any atom is 1.00 e. The second-order valence-corrected chi connectivity index (χ2v) is 10.0. The zero-order valence-corrected chi connectivity index (χ0v) is 21.2. The van der Waals surface area contributed by atoms with E-state index in [1.54, 1.807) is 0 Å². The van der Waals surface area contributed by atoms with Crippen LogP contribution in [0.25, 0.3) is 0 Å². The van der Waals surface area contributed by atoms with E-state index in [2.05, 4.69) is 0 Å². The first kappa shape index (κ1) is 23.4. The predicted molar refractivity (Wildman–Crippen MR) is 53.2 cm³/mol. The maximum Gasteiger partial charge on any atom is 1.00 e. The Morgan fingerprint density at radius 3 is 1.38 bits per heavy atom. The van der Waals surface area contributed by atoms with Crippen molar-refractivity contribution in [3.8, 4) is 0 Å². The molecule has 0 aromatic rings. The van der Waals surface area contributed by atoms with Gasteiger partial charge >= 0.3 is 198 Å². The molecule has 0 aromatic heterocycles. The Bertz CT molecular complexity index is 511. The van der Waals surface area contributed by atoms with Gasteiger partial charge in [0, 0.05) is 0 Å². The van der Waals surface area contributed by atoms with Gasteiger partial charge in [0.15, 0.2) is 0 Å². The van der Waals surface area contributed by atoms with E-state index in [1.807, 2.05) is 0 Å². The zero-order valence-electron chi connectivity index (χ0n) is 12.1. The quantitative estimate of drug-likeness (QED) is 0.283. The summed E-state index contributed by atoms with van der Waals surface area (Å²) < 4.78 is 29.4. The summed E-state index contributed by atoms with van der Waals surface area (Å²) in [5.41, 5.74) is 0. The van der Waals surface area contributed by atoms with E-state index < -0.39 is 91.2 Å². The van der Waals surface area contributed by atoms with Crippen molar-refractivity contribution in [2.75, 3.05) is 0 Å².